The molecular weight excluding hydrogens is 238 g/mol. The molecule has 0 heterocycles. The summed E-state index contributed by atoms with van der Waals surface area (Å²) in [4.78, 5) is 15.1. The van der Waals surface area contributed by atoms with Crippen molar-refractivity contribution in [1.82, 2.24) is 0 Å². The molecule has 0 aromatic heterocycles. The zero-order chi connectivity index (χ0) is 14.0. The number of carbonyl (C=O) groups excluding carboxylic acids is 1. The van der Waals surface area contributed by atoms with Gasteiger partial charge in [-0.2, -0.15) is 0 Å². The van der Waals surface area contributed by atoms with Crippen LogP contribution in [0.2, 0.25) is 0 Å². The van der Waals surface area contributed by atoms with Gasteiger partial charge in [-0.1, -0.05) is 6.92 Å². The Balaban J connectivity index is 2.34. The zero-order valence-electron chi connectivity index (χ0n) is 12.1. The maximum Gasteiger partial charge on any atom is 0.303 e. The molecule has 0 amide bonds. The predicted octanol–water partition coefficient (Wildman–Crippen LogP) is 3.75. The van der Waals surface area contributed by atoms with Crippen LogP contribution in [0, 0.1) is 18.4 Å². The summed E-state index contributed by atoms with van der Waals surface area (Å²) in [5.74, 6) is 0.651. The van der Waals surface area contributed by atoms with Gasteiger partial charge in [0.1, 0.15) is 6.10 Å². The van der Waals surface area contributed by atoms with Crippen LogP contribution in [0.15, 0.2) is 11.6 Å². The summed E-state index contributed by atoms with van der Waals surface area (Å²) < 4.78 is 5.48. The zero-order valence-corrected chi connectivity index (χ0v) is 12.1. The van der Waals surface area contributed by atoms with Gasteiger partial charge in [-0.05, 0) is 43.6 Å². The minimum Gasteiger partial charge on any atom is -0.458 e. The number of carbonyl (C=O) groups is 1. The molecular formula is C16H23NO2. The van der Waals surface area contributed by atoms with Gasteiger partial charge in [-0.3, -0.25) is 4.79 Å². The Morgan fingerprint density at radius 3 is 2.79 bits per heavy atom. The van der Waals surface area contributed by atoms with Gasteiger partial charge in [0.25, 0.3) is 5.54 Å². The van der Waals surface area contributed by atoms with E-state index in [0.29, 0.717) is 11.8 Å². The first-order valence-corrected chi connectivity index (χ1v) is 7.24. The second-order valence-electron chi connectivity index (χ2n) is 6.19. The van der Waals surface area contributed by atoms with Crippen LogP contribution in [0.5, 0.6) is 0 Å². The minimum absolute atomic E-state index is 0.0948. The van der Waals surface area contributed by atoms with Gasteiger partial charge < -0.3 is 9.58 Å². The molecule has 0 spiro atoms. The average molecular weight is 261 g/mol. The second-order valence-corrected chi connectivity index (χ2v) is 6.19. The molecule has 2 aliphatic carbocycles. The lowest BCUT2D eigenvalue weighted by Crippen LogP contribution is -2.30. The molecule has 2 aliphatic rings. The van der Waals surface area contributed by atoms with Crippen LogP contribution in [0.3, 0.4) is 0 Å². The van der Waals surface area contributed by atoms with E-state index < -0.39 is 5.54 Å². The molecule has 0 unspecified atom stereocenters. The highest BCUT2D eigenvalue weighted by molar-refractivity contribution is 5.66. The Bertz CT molecular complexity index is 435. The lowest BCUT2D eigenvalue weighted by molar-refractivity contribution is -0.145. The monoisotopic (exact) mass is 261 g/mol. The first-order chi connectivity index (χ1) is 8.96. The van der Waals surface area contributed by atoms with Crippen molar-refractivity contribution in [2.24, 2.45) is 11.8 Å². The standard InChI is InChI=1S/C16H23NO2/c1-11-8-9-13-6-5-7-15(19-12(2)18)14(13)10-16(11,3)17-4/h10-11,13,15H,5-9H2,1-3H3/t11-,13-,15-,16+/m1/s1. The van der Waals surface area contributed by atoms with E-state index in [0.717, 1.165) is 25.7 Å². The van der Waals surface area contributed by atoms with Gasteiger partial charge in [0, 0.05) is 25.8 Å². The van der Waals surface area contributed by atoms with E-state index in [2.05, 4.69) is 17.8 Å². The molecule has 19 heavy (non-hydrogen) atoms. The third-order valence-corrected chi connectivity index (χ3v) is 4.82. The maximum atomic E-state index is 11.3. The molecule has 0 saturated heterocycles. The third kappa shape index (κ3) is 2.83. The topological polar surface area (TPSA) is 30.7 Å². The van der Waals surface area contributed by atoms with Crippen LogP contribution < -0.4 is 0 Å². The molecule has 2 rings (SSSR count). The van der Waals surface area contributed by atoms with E-state index in [4.69, 9.17) is 11.3 Å². The van der Waals surface area contributed by atoms with Crippen molar-refractivity contribution in [2.75, 3.05) is 0 Å². The van der Waals surface area contributed by atoms with Gasteiger partial charge in [0.05, 0.1) is 0 Å². The third-order valence-electron chi connectivity index (χ3n) is 4.82. The van der Waals surface area contributed by atoms with Crippen molar-refractivity contribution in [1.29, 1.82) is 0 Å². The van der Waals surface area contributed by atoms with Crippen molar-refractivity contribution < 1.29 is 9.53 Å². The van der Waals surface area contributed by atoms with Crippen molar-refractivity contribution in [3.8, 4) is 0 Å². The molecule has 1 fully saturated rings. The van der Waals surface area contributed by atoms with Gasteiger partial charge in [0.15, 0.2) is 0 Å². The number of hydrogen-bond donors (Lipinski definition) is 0. The molecule has 3 nitrogen and oxygen atoms in total. The Kier molecular flexibility index (Phi) is 3.99. The molecule has 1 saturated carbocycles. The van der Waals surface area contributed by atoms with E-state index in [9.17, 15) is 4.79 Å². The Morgan fingerprint density at radius 2 is 2.16 bits per heavy atom. The number of nitrogens with zero attached hydrogens (tertiary/aromatic N) is 1. The number of rotatable bonds is 1. The van der Waals surface area contributed by atoms with Gasteiger partial charge in [-0.25, -0.2) is 6.57 Å². The lowest BCUT2D eigenvalue weighted by atomic mass is 9.80. The van der Waals surface area contributed by atoms with Gasteiger partial charge >= 0.3 is 5.97 Å². The first kappa shape index (κ1) is 14.1. The van der Waals surface area contributed by atoms with Gasteiger partial charge in [-0.15, -0.1) is 0 Å². The van der Waals surface area contributed by atoms with Crippen LogP contribution in [0.4, 0.5) is 0 Å². The number of fused-ring (bicyclic) bond motifs is 1. The SMILES string of the molecule is [C-]#[N+][C@@]1(C)C=C2[C@H](CCC[C@H]2OC(C)=O)CC[C@H]1C. The Labute approximate surface area is 115 Å². The summed E-state index contributed by atoms with van der Waals surface area (Å²) in [5, 5.41) is 0. The highest BCUT2D eigenvalue weighted by atomic mass is 16.5. The van der Waals surface area contributed by atoms with Crippen molar-refractivity contribution in [3.63, 3.8) is 0 Å². The summed E-state index contributed by atoms with van der Waals surface area (Å²) in [6.07, 6.45) is 7.42. The summed E-state index contributed by atoms with van der Waals surface area (Å²) >= 11 is 0. The highest BCUT2D eigenvalue weighted by Crippen LogP contribution is 2.43. The fourth-order valence-corrected chi connectivity index (χ4v) is 3.36. The van der Waals surface area contributed by atoms with E-state index in [1.165, 1.54) is 18.9 Å². The van der Waals surface area contributed by atoms with Crippen molar-refractivity contribution >= 4 is 5.97 Å². The van der Waals surface area contributed by atoms with Crippen LogP contribution >= 0.6 is 0 Å². The number of ether oxygens (including phenoxy) is 1. The van der Waals surface area contributed by atoms with Crippen LogP contribution in [0.1, 0.15) is 52.9 Å². The van der Waals surface area contributed by atoms with Crippen LogP contribution in [-0.2, 0) is 9.53 Å². The average Bonchev–Trinajstić information content (AvgIpc) is 2.49. The largest absolute Gasteiger partial charge is 0.458 e. The second kappa shape index (κ2) is 5.36. The van der Waals surface area contributed by atoms with E-state index in [1.807, 2.05) is 6.92 Å². The smallest absolute Gasteiger partial charge is 0.303 e. The summed E-state index contributed by atoms with van der Waals surface area (Å²) in [7, 11) is 0. The molecule has 0 aromatic rings. The molecule has 4 atom stereocenters. The summed E-state index contributed by atoms with van der Waals surface area (Å²) in [6.45, 7) is 13.2. The quantitative estimate of drug-likeness (QED) is 0.409. The van der Waals surface area contributed by atoms with Crippen molar-refractivity contribution in [3.05, 3.63) is 23.1 Å². The first-order valence-electron chi connectivity index (χ1n) is 7.24. The molecule has 0 aliphatic heterocycles. The highest BCUT2D eigenvalue weighted by Gasteiger charge is 2.42. The number of hydrogen-bond acceptors (Lipinski definition) is 2. The van der Waals surface area contributed by atoms with E-state index in [1.54, 1.807) is 0 Å². The maximum absolute atomic E-state index is 11.3. The normalized spacial score (nSPS) is 38.4. The Hall–Kier alpha value is -1.30. The molecule has 0 bridgehead atoms. The summed E-state index contributed by atoms with van der Waals surface area (Å²) in [5.41, 5.74) is 0.768. The van der Waals surface area contributed by atoms with Crippen LogP contribution in [0.25, 0.3) is 4.85 Å². The fourth-order valence-electron chi connectivity index (χ4n) is 3.36. The molecule has 3 heteroatoms. The van der Waals surface area contributed by atoms with Gasteiger partial charge in [0.2, 0.25) is 0 Å². The fraction of sp³-hybridized carbons (Fsp3) is 0.750. The van der Waals surface area contributed by atoms with E-state index >= 15 is 0 Å². The molecule has 104 valence electrons. The van der Waals surface area contributed by atoms with E-state index in [-0.39, 0.29) is 12.1 Å². The number of esters is 1. The lowest BCUT2D eigenvalue weighted by Gasteiger charge is -2.31. The molecule has 0 N–H and O–H groups in total. The van der Waals surface area contributed by atoms with Crippen LogP contribution in [-0.4, -0.2) is 17.6 Å². The molecule has 0 aromatic carbocycles. The predicted molar refractivity (Wildman–Crippen MR) is 74.4 cm³/mol. The molecule has 0 radical (unpaired) electrons. The minimum atomic E-state index is -0.445. The summed E-state index contributed by atoms with van der Waals surface area (Å²) in [6, 6.07) is 0. The van der Waals surface area contributed by atoms with Crippen molar-refractivity contribution in [2.45, 2.75) is 64.5 Å². The Morgan fingerprint density at radius 1 is 1.42 bits per heavy atom.